The molecule has 43 heavy (non-hydrogen) atoms. The van der Waals surface area contributed by atoms with Crippen LogP contribution in [0.25, 0.3) is 5.69 Å². The van der Waals surface area contributed by atoms with Gasteiger partial charge < -0.3 is 10.6 Å². The highest BCUT2D eigenvalue weighted by Gasteiger charge is 2.31. The van der Waals surface area contributed by atoms with E-state index in [2.05, 4.69) is 36.7 Å². The van der Waals surface area contributed by atoms with Crippen molar-refractivity contribution >= 4 is 23.3 Å². The van der Waals surface area contributed by atoms with Crippen LogP contribution in [0, 0.1) is 18.7 Å². The topological polar surface area (TPSA) is 88.1 Å². The summed E-state index contributed by atoms with van der Waals surface area (Å²) in [5.74, 6) is 0.206. The number of hydrogen-bond acceptors (Lipinski definition) is 4. The fourth-order valence-electron chi connectivity index (χ4n) is 5.63. The monoisotopic (exact) mass is 581 g/mol. The smallest absolute Gasteiger partial charge is 0.317 e. The Labute approximate surface area is 252 Å². The number of piperidine rings is 1. The highest BCUT2D eigenvalue weighted by molar-refractivity contribution is 5.99. The average molecular weight is 582 g/mol. The van der Waals surface area contributed by atoms with Crippen molar-refractivity contribution in [1.82, 2.24) is 15.1 Å². The van der Waals surface area contributed by atoms with Gasteiger partial charge in [0.15, 0.2) is 0 Å². The van der Waals surface area contributed by atoms with Crippen molar-refractivity contribution in [3.8, 4) is 5.69 Å². The molecule has 8 heteroatoms. The molecule has 2 heterocycles. The maximum absolute atomic E-state index is 13.8. The van der Waals surface area contributed by atoms with Crippen LogP contribution in [0.15, 0.2) is 78.9 Å². The number of hydrogen-bond donors (Lipinski definition) is 3. The van der Waals surface area contributed by atoms with Crippen molar-refractivity contribution in [3.63, 3.8) is 0 Å². The number of amides is 2. The Bertz CT molecular complexity index is 1570. The zero-order valence-electron chi connectivity index (χ0n) is 25.3. The molecule has 3 N–H and O–H groups in total. The zero-order chi connectivity index (χ0) is 30.6. The summed E-state index contributed by atoms with van der Waals surface area (Å²) >= 11 is 0. The van der Waals surface area contributed by atoms with Crippen molar-refractivity contribution in [2.45, 2.75) is 58.3 Å². The van der Waals surface area contributed by atoms with Gasteiger partial charge in [-0.25, -0.2) is 13.9 Å². The summed E-state index contributed by atoms with van der Waals surface area (Å²) in [4.78, 5) is 26.7. The number of carbonyl (C=O) groups excluding carboxylic acids is 2. The van der Waals surface area contributed by atoms with Crippen molar-refractivity contribution in [1.29, 1.82) is 0 Å². The number of aryl methyl sites for hydroxylation is 1. The van der Waals surface area contributed by atoms with Gasteiger partial charge in [0, 0.05) is 29.5 Å². The average Bonchev–Trinajstić information content (AvgIpc) is 3.39. The molecule has 1 aliphatic heterocycles. The van der Waals surface area contributed by atoms with Gasteiger partial charge in [-0.05, 0) is 86.3 Å². The first-order chi connectivity index (χ1) is 20.6. The van der Waals surface area contributed by atoms with E-state index in [1.807, 2.05) is 61.5 Å². The van der Waals surface area contributed by atoms with Gasteiger partial charge in [-0.1, -0.05) is 62.7 Å². The second kappa shape index (κ2) is 12.9. The van der Waals surface area contributed by atoms with Crippen molar-refractivity contribution in [3.05, 3.63) is 107 Å². The van der Waals surface area contributed by atoms with E-state index in [0.717, 1.165) is 48.4 Å². The fraction of sp³-hybridized carbons (Fsp3) is 0.343. The first kappa shape index (κ1) is 30.2. The highest BCUT2D eigenvalue weighted by Crippen LogP contribution is 2.34. The minimum atomic E-state index is -0.390. The molecule has 1 saturated heterocycles. The molecular formula is C35H40FN5O2. The molecule has 1 unspecified atom stereocenters. The minimum absolute atomic E-state index is 0.0787. The van der Waals surface area contributed by atoms with Gasteiger partial charge in [0.1, 0.15) is 17.4 Å². The van der Waals surface area contributed by atoms with Gasteiger partial charge in [0.05, 0.1) is 11.4 Å². The van der Waals surface area contributed by atoms with Crippen LogP contribution < -0.4 is 16.0 Å². The summed E-state index contributed by atoms with van der Waals surface area (Å²) in [6.07, 6.45) is 1.97. The third-order valence-electron chi connectivity index (χ3n) is 8.00. The molecule has 0 radical (unpaired) electrons. The third-order valence-corrected chi connectivity index (χ3v) is 8.00. The second-order valence-electron chi connectivity index (χ2n) is 12.5. The number of anilines is 2. The van der Waals surface area contributed by atoms with Crippen LogP contribution in [0.1, 0.15) is 61.9 Å². The van der Waals surface area contributed by atoms with Gasteiger partial charge in [-0.15, -0.1) is 0 Å². The second-order valence-corrected chi connectivity index (χ2v) is 12.5. The van der Waals surface area contributed by atoms with Gasteiger partial charge >= 0.3 is 6.03 Å². The molecule has 4 aromatic rings. The summed E-state index contributed by atoms with van der Waals surface area (Å²) in [5, 5.41) is 14.0. The van der Waals surface area contributed by atoms with Gasteiger partial charge in [0.25, 0.3) is 0 Å². The Morgan fingerprint density at radius 1 is 0.977 bits per heavy atom. The van der Waals surface area contributed by atoms with Gasteiger partial charge in [-0.2, -0.15) is 5.10 Å². The van der Waals surface area contributed by atoms with E-state index >= 15 is 0 Å². The van der Waals surface area contributed by atoms with Crippen LogP contribution in [0.3, 0.4) is 0 Å². The Hall–Kier alpha value is -4.30. The molecule has 3 aromatic carbocycles. The number of halogens is 1. The summed E-state index contributed by atoms with van der Waals surface area (Å²) < 4.78 is 15.5. The maximum atomic E-state index is 13.8. The maximum Gasteiger partial charge on any atom is 0.324 e. The summed E-state index contributed by atoms with van der Waals surface area (Å²) in [5.41, 5.74) is 4.86. The summed E-state index contributed by atoms with van der Waals surface area (Å²) in [7, 11) is 0. The molecule has 1 aliphatic rings. The lowest BCUT2D eigenvalue weighted by atomic mass is 9.76. The quantitative estimate of drug-likeness (QED) is 0.206. The lowest BCUT2D eigenvalue weighted by molar-refractivity contribution is -0.121. The number of urea groups is 1. The Morgan fingerprint density at radius 3 is 2.33 bits per heavy atom. The number of carbonyl (C=O) groups is 2. The molecule has 0 bridgehead atoms. The van der Waals surface area contributed by atoms with E-state index in [1.165, 1.54) is 12.1 Å². The zero-order valence-corrected chi connectivity index (χ0v) is 25.3. The fourth-order valence-corrected chi connectivity index (χ4v) is 5.63. The first-order valence-electron chi connectivity index (χ1n) is 14.9. The van der Waals surface area contributed by atoms with Crippen LogP contribution in [-0.2, 0) is 16.6 Å². The number of nitrogens with one attached hydrogen (secondary N) is 3. The lowest BCUT2D eigenvalue weighted by Crippen LogP contribution is -2.34. The Kier molecular flexibility index (Phi) is 9.06. The van der Waals surface area contributed by atoms with Crippen LogP contribution in [0.5, 0.6) is 0 Å². The van der Waals surface area contributed by atoms with Crippen LogP contribution in [-0.4, -0.2) is 34.7 Å². The van der Waals surface area contributed by atoms with E-state index in [-0.39, 0.29) is 35.3 Å². The number of nitrogens with zero attached hydrogens (tertiary/aromatic N) is 2. The molecule has 224 valence electrons. The standard InChI is InChI=1S/C35H40FN5O2/c1-23-8-14-29(15-9-23)41-32(22-31(40-41)35(2,3)4)39-34(43)38-28-12-10-25(11-13-28)33(26-16-18-37-19-17-26)30(42)21-24-6-5-7-27(36)20-24/h5-15,20,22,26,33,37H,16-19,21H2,1-4H3,(H2,38,39,43). The van der Waals surface area contributed by atoms with Crippen LogP contribution >= 0.6 is 0 Å². The number of aromatic nitrogens is 2. The molecule has 1 aromatic heterocycles. The summed E-state index contributed by atoms with van der Waals surface area (Å²) in [6, 6.07) is 23.2. The van der Waals surface area contributed by atoms with Crippen molar-refractivity contribution in [2.24, 2.45) is 5.92 Å². The Balaban J connectivity index is 1.32. The van der Waals surface area contributed by atoms with Crippen molar-refractivity contribution < 1.29 is 14.0 Å². The molecule has 0 aliphatic carbocycles. The molecule has 2 amide bonds. The molecule has 7 nitrogen and oxygen atoms in total. The molecule has 1 atom stereocenters. The number of ketones is 1. The molecular weight excluding hydrogens is 541 g/mol. The summed E-state index contributed by atoms with van der Waals surface area (Å²) in [6.45, 7) is 10.0. The predicted molar refractivity (Wildman–Crippen MR) is 170 cm³/mol. The van der Waals surface area contributed by atoms with E-state index in [9.17, 15) is 14.0 Å². The van der Waals surface area contributed by atoms with E-state index in [4.69, 9.17) is 5.10 Å². The normalized spacial score (nSPS) is 14.7. The lowest BCUT2D eigenvalue weighted by Gasteiger charge is -2.30. The van der Waals surface area contributed by atoms with Crippen molar-refractivity contribution in [2.75, 3.05) is 23.7 Å². The number of Topliss-reactive ketones (excluding diaryl/α,β-unsaturated/α-hetero) is 1. The van der Waals surface area contributed by atoms with Crippen LogP contribution in [0.2, 0.25) is 0 Å². The third kappa shape index (κ3) is 7.56. The predicted octanol–water partition coefficient (Wildman–Crippen LogP) is 7.16. The molecule has 5 rings (SSSR count). The Morgan fingerprint density at radius 2 is 1.67 bits per heavy atom. The van der Waals surface area contributed by atoms with Gasteiger partial charge in [-0.3, -0.25) is 10.1 Å². The molecule has 0 spiro atoms. The van der Waals surface area contributed by atoms with E-state index in [1.54, 1.807) is 16.8 Å². The largest absolute Gasteiger partial charge is 0.324 e. The first-order valence-corrected chi connectivity index (χ1v) is 14.9. The molecule has 0 saturated carbocycles. The number of rotatable bonds is 8. The molecule has 1 fully saturated rings. The minimum Gasteiger partial charge on any atom is -0.317 e. The van der Waals surface area contributed by atoms with E-state index < -0.39 is 6.03 Å². The van der Waals surface area contributed by atoms with E-state index in [0.29, 0.717) is 17.1 Å². The van der Waals surface area contributed by atoms with Crippen LogP contribution in [0.4, 0.5) is 20.7 Å². The SMILES string of the molecule is Cc1ccc(-n2nc(C(C)(C)C)cc2NC(=O)Nc2ccc(C(C(=O)Cc3cccc(F)c3)C3CCNCC3)cc2)cc1. The van der Waals surface area contributed by atoms with Gasteiger partial charge in [0.2, 0.25) is 0 Å². The highest BCUT2D eigenvalue weighted by atomic mass is 19.1. The number of benzene rings is 3.